The lowest BCUT2D eigenvalue weighted by atomic mass is 9.67. The van der Waals surface area contributed by atoms with Gasteiger partial charge >= 0.3 is 0 Å². The molecule has 1 aromatic rings. The standard InChI is InChI=1S/C12H20ClN3/c1-12(2)10(13)8-11(12)15-4-3-6-16-7-5-14-9-16/h5,7,9-11,15H,3-4,6,8H2,1-2H3. The number of alkyl halides is 1. The second-order valence-corrected chi connectivity index (χ2v) is 5.71. The van der Waals surface area contributed by atoms with Gasteiger partial charge in [-0.15, -0.1) is 11.6 Å². The fourth-order valence-electron chi connectivity index (χ4n) is 2.18. The Morgan fingerprint density at radius 2 is 2.38 bits per heavy atom. The summed E-state index contributed by atoms with van der Waals surface area (Å²) in [5.74, 6) is 0. The molecule has 3 nitrogen and oxygen atoms in total. The van der Waals surface area contributed by atoms with Crippen LogP contribution >= 0.6 is 11.6 Å². The van der Waals surface area contributed by atoms with Crippen molar-refractivity contribution in [3.63, 3.8) is 0 Å². The van der Waals surface area contributed by atoms with Crippen LogP contribution in [0.15, 0.2) is 18.7 Å². The number of hydrogen-bond donors (Lipinski definition) is 1. The van der Waals surface area contributed by atoms with Crippen molar-refractivity contribution in [1.82, 2.24) is 14.9 Å². The van der Waals surface area contributed by atoms with E-state index in [0.717, 1.165) is 25.9 Å². The van der Waals surface area contributed by atoms with Crippen LogP contribution < -0.4 is 5.32 Å². The van der Waals surface area contributed by atoms with E-state index in [-0.39, 0.29) is 5.41 Å². The van der Waals surface area contributed by atoms with Crippen LogP contribution in [-0.4, -0.2) is 27.5 Å². The molecule has 2 rings (SSSR count). The van der Waals surface area contributed by atoms with Crippen molar-refractivity contribution in [3.8, 4) is 0 Å². The molecule has 16 heavy (non-hydrogen) atoms. The van der Waals surface area contributed by atoms with Crippen LogP contribution in [-0.2, 0) is 6.54 Å². The first kappa shape index (κ1) is 11.9. The van der Waals surface area contributed by atoms with Gasteiger partial charge in [-0.2, -0.15) is 0 Å². The summed E-state index contributed by atoms with van der Waals surface area (Å²) in [7, 11) is 0. The van der Waals surface area contributed by atoms with E-state index in [1.807, 2.05) is 18.7 Å². The lowest BCUT2D eigenvalue weighted by molar-refractivity contribution is 0.116. The average molecular weight is 242 g/mol. The number of nitrogens with zero attached hydrogens (tertiary/aromatic N) is 2. The van der Waals surface area contributed by atoms with Crippen LogP contribution in [0.3, 0.4) is 0 Å². The summed E-state index contributed by atoms with van der Waals surface area (Å²) in [5.41, 5.74) is 0.247. The van der Waals surface area contributed by atoms with Gasteiger partial charge in [-0.1, -0.05) is 13.8 Å². The van der Waals surface area contributed by atoms with Gasteiger partial charge in [0.05, 0.1) is 6.33 Å². The molecule has 1 heterocycles. The van der Waals surface area contributed by atoms with Crippen molar-refractivity contribution >= 4 is 11.6 Å². The van der Waals surface area contributed by atoms with Crippen molar-refractivity contribution in [1.29, 1.82) is 0 Å². The Kier molecular flexibility index (Phi) is 3.55. The third-order valence-electron chi connectivity index (χ3n) is 3.69. The molecule has 1 N–H and O–H groups in total. The molecular formula is C12H20ClN3. The van der Waals surface area contributed by atoms with Crippen molar-refractivity contribution in [2.75, 3.05) is 6.54 Å². The van der Waals surface area contributed by atoms with Gasteiger partial charge in [-0.05, 0) is 24.8 Å². The Morgan fingerprint density at radius 1 is 1.56 bits per heavy atom. The van der Waals surface area contributed by atoms with Crippen LogP contribution in [0.4, 0.5) is 0 Å². The predicted octanol–water partition coefficient (Wildman–Crippen LogP) is 2.27. The summed E-state index contributed by atoms with van der Waals surface area (Å²) in [4.78, 5) is 4.02. The minimum absolute atomic E-state index is 0.247. The number of aryl methyl sites for hydroxylation is 1. The zero-order chi connectivity index (χ0) is 11.6. The molecule has 0 radical (unpaired) electrons. The first-order valence-corrected chi connectivity index (χ1v) is 6.37. The van der Waals surface area contributed by atoms with Crippen molar-refractivity contribution < 1.29 is 0 Å². The summed E-state index contributed by atoms with van der Waals surface area (Å²) in [6.45, 7) is 6.56. The summed E-state index contributed by atoms with van der Waals surface area (Å²) < 4.78 is 2.11. The first-order valence-electron chi connectivity index (χ1n) is 5.94. The van der Waals surface area contributed by atoms with E-state index in [9.17, 15) is 0 Å². The van der Waals surface area contributed by atoms with Gasteiger partial charge in [0.2, 0.25) is 0 Å². The minimum atomic E-state index is 0.247. The molecule has 1 fully saturated rings. The van der Waals surface area contributed by atoms with Gasteiger partial charge in [0.25, 0.3) is 0 Å². The summed E-state index contributed by atoms with van der Waals surface area (Å²) in [5, 5.41) is 3.92. The monoisotopic (exact) mass is 241 g/mol. The highest BCUT2D eigenvalue weighted by Gasteiger charge is 2.46. The maximum absolute atomic E-state index is 6.18. The molecule has 0 amide bonds. The Labute approximate surface area is 102 Å². The molecule has 0 saturated heterocycles. The lowest BCUT2D eigenvalue weighted by Gasteiger charge is -2.49. The van der Waals surface area contributed by atoms with E-state index >= 15 is 0 Å². The normalized spacial score (nSPS) is 27.7. The number of aromatic nitrogens is 2. The third kappa shape index (κ3) is 2.41. The highest BCUT2D eigenvalue weighted by atomic mass is 35.5. The van der Waals surface area contributed by atoms with Gasteiger partial charge in [-0.3, -0.25) is 0 Å². The van der Waals surface area contributed by atoms with E-state index in [0.29, 0.717) is 11.4 Å². The van der Waals surface area contributed by atoms with Crippen molar-refractivity contribution in [3.05, 3.63) is 18.7 Å². The Balaban J connectivity index is 1.62. The molecule has 1 saturated carbocycles. The highest BCUT2D eigenvalue weighted by molar-refractivity contribution is 6.21. The van der Waals surface area contributed by atoms with Gasteiger partial charge in [0.1, 0.15) is 0 Å². The average Bonchev–Trinajstić information content (AvgIpc) is 2.75. The fourth-order valence-corrected chi connectivity index (χ4v) is 2.51. The topological polar surface area (TPSA) is 29.9 Å². The molecule has 2 unspecified atom stereocenters. The molecule has 0 bridgehead atoms. The number of halogens is 1. The summed E-state index contributed by atoms with van der Waals surface area (Å²) in [6.07, 6.45) is 7.92. The summed E-state index contributed by atoms with van der Waals surface area (Å²) in [6, 6.07) is 0.581. The van der Waals surface area contributed by atoms with Crippen molar-refractivity contribution in [2.24, 2.45) is 5.41 Å². The Hall–Kier alpha value is -0.540. The molecule has 90 valence electrons. The molecule has 2 atom stereocenters. The Bertz CT molecular complexity index is 321. The fraction of sp³-hybridized carbons (Fsp3) is 0.750. The van der Waals surface area contributed by atoms with E-state index in [4.69, 9.17) is 11.6 Å². The number of nitrogens with one attached hydrogen (secondary N) is 1. The first-order chi connectivity index (χ1) is 7.60. The molecular weight excluding hydrogens is 222 g/mol. The minimum Gasteiger partial charge on any atom is -0.337 e. The number of imidazole rings is 1. The SMILES string of the molecule is CC1(C)C(Cl)CC1NCCCn1ccnc1. The smallest absolute Gasteiger partial charge is 0.0945 e. The van der Waals surface area contributed by atoms with E-state index in [1.54, 1.807) is 0 Å². The van der Waals surface area contributed by atoms with Crippen LogP contribution in [0.1, 0.15) is 26.7 Å². The molecule has 4 heteroatoms. The molecule has 1 aliphatic carbocycles. The van der Waals surface area contributed by atoms with Gasteiger partial charge in [-0.25, -0.2) is 4.98 Å². The number of rotatable bonds is 5. The van der Waals surface area contributed by atoms with E-state index < -0.39 is 0 Å². The zero-order valence-corrected chi connectivity index (χ0v) is 10.7. The quantitative estimate of drug-likeness (QED) is 0.633. The van der Waals surface area contributed by atoms with Crippen LogP contribution in [0.2, 0.25) is 0 Å². The van der Waals surface area contributed by atoms with Crippen molar-refractivity contribution in [2.45, 2.75) is 44.7 Å². The van der Waals surface area contributed by atoms with E-state index in [1.165, 1.54) is 0 Å². The Morgan fingerprint density at radius 3 is 2.94 bits per heavy atom. The zero-order valence-electron chi connectivity index (χ0n) is 9.99. The third-order valence-corrected chi connectivity index (χ3v) is 4.43. The lowest BCUT2D eigenvalue weighted by Crippen LogP contribution is -2.58. The van der Waals surface area contributed by atoms with Crippen LogP contribution in [0, 0.1) is 5.41 Å². The molecule has 0 spiro atoms. The van der Waals surface area contributed by atoms with Crippen LogP contribution in [0.25, 0.3) is 0 Å². The largest absolute Gasteiger partial charge is 0.337 e. The highest BCUT2D eigenvalue weighted by Crippen LogP contribution is 2.44. The van der Waals surface area contributed by atoms with Crippen LogP contribution in [0.5, 0.6) is 0 Å². The molecule has 0 aliphatic heterocycles. The maximum atomic E-state index is 6.18. The van der Waals surface area contributed by atoms with E-state index in [2.05, 4.69) is 28.7 Å². The predicted molar refractivity (Wildman–Crippen MR) is 66.7 cm³/mol. The second-order valence-electron chi connectivity index (χ2n) is 5.19. The molecule has 1 aromatic heterocycles. The molecule has 0 aromatic carbocycles. The number of hydrogen-bond acceptors (Lipinski definition) is 2. The second kappa shape index (κ2) is 4.76. The van der Waals surface area contributed by atoms with Gasteiger partial charge in [0, 0.05) is 30.4 Å². The summed E-state index contributed by atoms with van der Waals surface area (Å²) >= 11 is 6.18. The van der Waals surface area contributed by atoms with Gasteiger partial charge in [0.15, 0.2) is 0 Å². The van der Waals surface area contributed by atoms with Gasteiger partial charge < -0.3 is 9.88 Å². The molecule has 1 aliphatic rings. The maximum Gasteiger partial charge on any atom is 0.0945 e.